The lowest BCUT2D eigenvalue weighted by atomic mass is 10.0. The Balaban J connectivity index is 2.09. The molecule has 0 aliphatic rings. The van der Waals surface area contributed by atoms with Gasteiger partial charge in [-0.3, -0.25) is 4.79 Å². The van der Waals surface area contributed by atoms with Gasteiger partial charge in [0.2, 0.25) is 5.78 Å². The number of carbonyl (C=O) groups excluding carboxylic acids is 1. The minimum absolute atomic E-state index is 0.0225. The maximum atomic E-state index is 12.1. The molecule has 0 spiro atoms. The van der Waals surface area contributed by atoms with Gasteiger partial charge in [0.25, 0.3) is 0 Å². The molecule has 0 aliphatic heterocycles. The summed E-state index contributed by atoms with van der Waals surface area (Å²) in [5, 5.41) is 5.88. The molecule has 17 heavy (non-hydrogen) atoms. The summed E-state index contributed by atoms with van der Waals surface area (Å²) < 4.78 is 3.70. The van der Waals surface area contributed by atoms with Gasteiger partial charge >= 0.3 is 0 Å². The summed E-state index contributed by atoms with van der Waals surface area (Å²) >= 11 is 1.12. The van der Waals surface area contributed by atoms with Crippen LogP contribution in [0, 0.1) is 0 Å². The zero-order chi connectivity index (χ0) is 11.7. The lowest BCUT2D eigenvalue weighted by Crippen LogP contribution is -1.98. The van der Waals surface area contributed by atoms with Crippen molar-refractivity contribution >= 4 is 28.1 Å². The molecule has 0 bridgehead atoms. The first kappa shape index (κ1) is 10.1. The van der Waals surface area contributed by atoms with Gasteiger partial charge in [0.05, 0.1) is 6.20 Å². The van der Waals surface area contributed by atoms with Gasteiger partial charge in [0.15, 0.2) is 0 Å². The summed E-state index contributed by atoms with van der Waals surface area (Å²) in [5.41, 5.74) is 0.676. The second-order valence-corrected chi connectivity index (χ2v) is 4.46. The highest BCUT2D eigenvalue weighted by Gasteiger charge is 2.11. The molecule has 1 heterocycles. The molecule has 0 radical (unpaired) electrons. The minimum atomic E-state index is -0.0225. The van der Waals surface area contributed by atoms with Crippen molar-refractivity contribution in [1.82, 2.24) is 9.59 Å². The van der Waals surface area contributed by atoms with E-state index in [1.165, 1.54) is 6.20 Å². The quantitative estimate of drug-likeness (QED) is 0.647. The number of hydrogen-bond donors (Lipinski definition) is 0. The summed E-state index contributed by atoms with van der Waals surface area (Å²) in [6.45, 7) is 0. The summed E-state index contributed by atoms with van der Waals surface area (Å²) in [7, 11) is 0. The standard InChI is InChI=1S/C13H8N2OS/c16-13(12-8-14-15-17-12)11-6-5-9-3-1-2-4-10(9)7-11/h1-8H. The van der Waals surface area contributed by atoms with Gasteiger partial charge in [-0.15, -0.1) is 5.10 Å². The molecule has 3 aromatic rings. The number of rotatable bonds is 2. The number of carbonyl (C=O) groups is 1. The van der Waals surface area contributed by atoms with Gasteiger partial charge in [-0.25, -0.2) is 0 Å². The molecule has 3 rings (SSSR count). The molecule has 2 aromatic carbocycles. The maximum Gasteiger partial charge on any atom is 0.206 e. The maximum absolute atomic E-state index is 12.1. The number of aromatic nitrogens is 2. The van der Waals surface area contributed by atoms with Crippen LogP contribution in [0.5, 0.6) is 0 Å². The second-order valence-electron chi connectivity index (χ2n) is 3.67. The molecule has 0 saturated carbocycles. The van der Waals surface area contributed by atoms with Crippen molar-refractivity contribution in [2.45, 2.75) is 0 Å². The van der Waals surface area contributed by atoms with Crippen LogP contribution in [-0.2, 0) is 0 Å². The van der Waals surface area contributed by atoms with Crippen LogP contribution in [0.1, 0.15) is 15.2 Å². The van der Waals surface area contributed by atoms with Crippen LogP contribution < -0.4 is 0 Å². The fraction of sp³-hybridized carbons (Fsp3) is 0. The Morgan fingerprint density at radius 3 is 2.65 bits per heavy atom. The zero-order valence-corrected chi connectivity index (χ0v) is 9.65. The van der Waals surface area contributed by atoms with Crippen LogP contribution in [0.25, 0.3) is 10.8 Å². The van der Waals surface area contributed by atoms with Crippen molar-refractivity contribution < 1.29 is 4.79 Å². The highest BCUT2D eigenvalue weighted by atomic mass is 32.1. The lowest BCUT2D eigenvalue weighted by Gasteiger charge is -2.00. The monoisotopic (exact) mass is 240 g/mol. The van der Waals surface area contributed by atoms with E-state index in [-0.39, 0.29) is 5.78 Å². The predicted octanol–water partition coefficient (Wildman–Crippen LogP) is 2.92. The lowest BCUT2D eigenvalue weighted by molar-refractivity contribution is 0.104. The summed E-state index contributed by atoms with van der Waals surface area (Å²) in [4.78, 5) is 12.7. The highest BCUT2D eigenvalue weighted by Crippen LogP contribution is 2.18. The van der Waals surface area contributed by atoms with Crippen molar-refractivity contribution in [3.63, 3.8) is 0 Å². The second kappa shape index (κ2) is 4.07. The zero-order valence-electron chi connectivity index (χ0n) is 8.83. The van der Waals surface area contributed by atoms with E-state index in [2.05, 4.69) is 9.59 Å². The number of nitrogens with zero attached hydrogens (tertiary/aromatic N) is 2. The third-order valence-electron chi connectivity index (χ3n) is 2.60. The Morgan fingerprint density at radius 1 is 1.06 bits per heavy atom. The normalized spacial score (nSPS) is 10.6. The van der Waals surface area contributed by atoms with Crippen molar-refractivity contribution in [3.05, 3.63) is 59.1 Å². The Hall–Kier alpha value is -2.07. The average molecular weight is 240 g/mol. The first-order chi connectivity index (χ1) is 8.34. The molecule has 4 heteroatoms. The van der Waals surface area contributed by atoms with Crippen LogP contribution in [0.15, 0.2) is 48.7 Å². The number of fused-ring (bicyclic) bond motifs is 1. The molecule has 0 fully saturated rings. The molecule has 0 unspecified atom stereocenters. The van der Waals surface area contributed by atoms with Crippen LogP contribution in [0.2, 0.25) is 0 Å². The molecule has 0 aliphatic carbocycles. The van der Waals surface area contributed by atoms with Gasteiger partial charge in [-0.05, 0) is 28.4 Å². The van der Waals surface area contributed by atoms with E-state index in [9.17, 15) is 4.79 Å². The third-order valence-corrected chi connectivity index (χ3v) is 3.26. The fourth-order valence-corrected chi connectivity index (χ4v) is 2.22. The van der Waals surface area contributed by atoms with E-state index >= 15 is 0 Å². The van der Waals surface area contributed by atoms with Gasteiger partial charge in [-0.2, -0.15) is 0 Å². The summed E-state index contributed by atoms with van der Waals surface area (Å²) in [5.74, 6) is -0.0225. The molecule has 3 nitrogen and oxygen atoms in total. The molecule has 0 saturated heterocycles. The largest absolute Gasteiger partial charge is 0.288 e. The fourth-order valence-electron chi connectivity index (χ4n) is 1.74. The SMILES string of the molecule is O=C(c1ccc2ccccc2c1)c1cnns1. The molecule has 0 N–H and O–H groups in total. The van der Waals surface area contributed by atoms with Crippen LogP contribution in [0.3, 0.4) is 0 Å². The summed E-state index contributed by atoms with van der Waals surface area (Å²) in [6, 6.07) is 13.7. The van der Waals surface area contributed by atoms with E-state index < -0.39 is 0 Å². The van der Waals surface area contributed by atoms with Crippen LogP contribution in [-0.4, -0.2) is 15.4 Å². The van der Waals surface area contributed by atoms with Gasteiger partial charge in [0, 0.05) is 5.56 Å². The molecule has 1 aromatic heterocycles. The van der Waals surface area contributed by atoms with Crippen molar-refractivity contribution in [2.75, 3.05) is 0 Å². The van der Waals surface area contributed by atoms with Crippen molar-refractivity contribution in [2.24, 2.45) is 0 Å². The number of ketones is 1. The predicted molar refractivity (Wildman–Crippen MR) is 67.3 cm³/mol. The molecular weight excluding hydrogens is 232 g/mol. The van der Waals surface area contributed by atoms with Crippen LogP contribution in [0.4, 0.5) is 0 Å². The Bertz CT molecular complexity index is 677. The molecular formula is C13H8N2OS. The Labute approximate surface area is 102 Å². The van der Waals surface area contributed by atoms with Gasteiger partial charge in [-0.1, -0.05) is 40.9 Å². The van der Waals surface area contributed by atoms with E-state index in [4.69, 9.17) is 0 Å². The van der Waals surface area contributed by atoms with Crippen molar-refractivity contribution in [3.8, 4) is 0 Å². The first-order valence-electron chi connectivity index (χ1n) is 5.15. The van der Waals surface area contributed by atoms with E-state index in [0.29, 0.717) is 10.4 Å². The van der Waals surface area contributed by atoms with Crippen molar-refractivity contribution in [1.29, 1.82) is 0 Å². The minimum Gasteiger partial charge on any atom is -0.288 e. The van der Waals surface area contributed by atoms with E-state index in [0.717, 1.165) is 22.3 Å². The Kier molecular flexibility index (Phi) is 2.42. The van der Waals surface area contributed by atoms with Gasteiger partial charge < -0.3 is 0 Å². The smallest absolute Gasteiger partial charge is 0.206 e. The van der Waals surface area contributed by atoms with E-state index in [1.807, 2.05) is 42.5 Å². The topological polar surface area (TPSA) is 42.9 Å². The summed E-state index contributed by atoms with van der Waals surface area (Å²) in [6.07, 6.45) is 1.50. The van der Waals surface area contributed by atoms with Crippen LogP contribution >= 0.6 is 11.5 Å². The molecule has 0 atom stereocenters. The Morgan fingerprint density at radius 2 is 1.88 bits per heavy atom. The highest BCUT2D eigenvalue weighted by molar-refractivity contribution is 7.08. The van der Waals surface area contributed by atoms with E-state index in [1.54, 1.807) is 0 Å². The first-order valence-corrected chi connectivity index (χ1v) is 5.93. The third kappa shape index (κ3) is 1.83. The number of benzene rings is 2. The number of hydrogen-bond acceptors (Lipinski definition) is 4. The average Bonchev–Trinajstić information content (AvgIpc) is 2.91. The van der Waals surface area contributed by atoms with Gasteiger partial charge in [0.1, 0.15) is 4.88 Å². The molecule has 0 amide bonds. The molecule has 82 valence electrons.